The van der Waals surface area contributed by atoms with Gasteiger partial charge in [-0.05, 0) is 25.2 Å². The van der Waals surface area contributed by atoms with Gasteiger partial charge < -0.3 is 4.90 Å². The summed E-state index contributed by atoms with van der Waals surface area (Å²) in [6, 6.07) is -0.00617. The third-order valence-electron chi connectivity index (χ3n) is 3.97. The van der Waals surface area contributed by atoms with Gasteiger partial charge in [0.1, 0.15) is 0 Å². The number of carbonyl (C=O) groups is 1. The number of carbonyl (C=O) groups excluding carboxylic acids is 1. The highest BCUT2D eigenvalue weighted by Crippen LogP contribution is 2.18. The van der Waals surface area contributed by atoms with Crippen LogP contribution in [0.25, 0.3) is 0 Å². The first-order valence-corrected chi connectivity index (χ1v) is 8.00. The number of amides is 1. The standard InChI is InChI=1S/C16H32N2O/c1-12(2)10-8-6-7-9-11-18-15(13(3)4)17-14(5)16(18)19/h12-15,17H,6-11H2,1-5H3. The zero-order valence-corrected chi connectivity index (χ0v) is 13.4. The molecule has 0 saturated carbocycles. The number of nitrogens with one attached hydrogen (secondary N) is 1. The average Bonchev–Trinajstić information content (AvgIpc) is 2.61. The summed E-state index contributed by atoms with van der Waals surface area (Å²) in [4.78, 5) is 14.1. The minimum absolute atomic E-state index is 0.00617. The van der Waals surface area contributed by atoms with Crippen LogP contribution in [0, 0.1) is 11.8 Å². The van der Waals surface area contributed by atoms with Crippen molar-refractivity contribution in [1.82, 2.24) is 10.2 Å². The second-order valence-corrected chi connectivity index (χ2v) is 6.71. The highest BCUT2D eigenvalue weighted by molar-refractivity contribution is 5.83. The first-order chi connectivity index (χ1) is 8.93. The van der Waals surface area contributed by atoms with Gasteiger partial charge in [0, 0.05) is 6.54 Å². The molecule has 2 unspecified atom stereocenters. The highest BCUT2D eigenvalue weighted by Gasteiger charge is 2.36. The Bertz CT molecular complexity index is 276. The van der Waals surface area contributed by atoms with E-state index in [1.165, 1.54) is 25.7 Å². The largest absolute Gasteiger partial charge is 0.326 e. The van der Waals surface area contributed by atoms with E-state index in [4.69, 9.17) is 0 Å². The molecule has 1 rings (SSSR count). The molecule has 0 aliphatic carbocycles. The van der Waals surface area contributed by atoms with Gasteiger partial charge in [-0.3, -0.25) is 10.1 Å². The van der Waals surface area contributed by atoms with Crippen molar-refractivity contribution in [3.63, 3.8) is 0 Å². The molecule has 19 heavy (non-hydrogen) atoms. The zero-order chi connectivity index (χ0) is 14.4. The van der Waals surface area contributed by atoms with E-state index in [1.54, 1.807) is 0 Å². The topological polar surface area (TPSA) is 32.3 Å². The van der Waals surface area contributed by atoms with Gasteiger partial charge in [-0.2, -0.15) is 0 Å². The van der Waals surface area contributed by atoms with Crippen molar-refractivity contribution >= 4 is 5.91 Å². The molecule has 1 aliphatic heterocycles. The molecule has 2 atom stereocenters. The lowest BCUT2D eigenvalue weighted by atomic mass is 10.0. The number of unbranched alkanes of at least 4 members (excludes halogenated alkanes) is 3. The molecule has 0 aromatic rings. The van der Waals surface area contributed by atoms with E-state index in [2.05, 4.69) is 37.9 Å². The lowest BCUT2D eigenvalue weighted by molar-refractivity contribution is -0.130. The van der Waals surface area contributed by atoms with Crippen molar-refractivity contribution in [2.75, 3.05) is 6.54 Å². The molecular weight excluding hydrogens is 236 g/mol. The van der Waals surface area contributed by atoms with Gasteiger partial charge in [-0.1, -0.05) is 53.4 Å². The SMILES string of the molecule is CC(C)CCCCCCN1C(=O)C(C)NC1C(C)C. The van der Waals surface area contributed by atoms with Gasteiger partial charge in [0.25, 0.3) is 0 Å². The molecule has 1 amide bonds. The Morgan fingerprint density at radius 1 is 1.11 bits per heavy atom. The highest BCUT2D eigenvalue weighted by atomic mass is 16.2. The van der Waals surface area contributed by atoms with Gasteiger partial charge >= 0.3 is 0 Å². The summed E-state index contributed by atoms with van der Waals surface area (Å²) in [5.74, 6) is 1.58. The van der Waals surface area contributed by atoms with Crippen LogP contribution in [0.1, 0.15) is 66.7 Å². The molecule has 0 spiro atoms. The molecular formula is C16H32N2O. The summed E-state index contributed by atoms with van der Waals surface area (Å²) >= 11 is 0. The maximum absolute atomic E-state index is 12.1. The van der Waals surface area contributed by atoms with Crippen molar-refractivity contribution < 1.29 is 4.79 Å². The molecule has 112 valence electrons. The molecule has 0 bridgehead atoms. The monoisotopic (exact) mass is 268 g/mol. The Hall–Kier alpha value is -0.570. The number of nitrogens with zero attached hydrogens (tertiary/aromatic N) is 1. The van der Waals surface area contributed by atoms with E-state index in [-0.39, 0.29) is 18.1 Å². The Morgan fingerprint density at radius 2 is 1.74 bits per heavy atom. The molecule has 1 saturated heterocycles. The third kappa shape index (κ3) is 5.13. The first-order valence-electron chi connectivity index (χ1n) is 8.00. The first kappa shape index (κ1) is 16.5. The van der Waals surface area contributed by atoms with Crippen LogP contribution in [0.15, 0.2) is 0 Å². The molecule has 0 aromatic heterocycles. The van der Waals surface area contributed by atoms with E-state index < -0.39 is 0 Å². The molecule has 3 nitrogen and oxygen atoms in total. The average molecular weight is 268 g/mol. The van der Waals surface area contributed by atoms with Gasteiger partial charge in [-0.15, -0.1) is 0 Å². The number of hydrogen-bond donors (Lipinski definition) is 1. The normalized spacial score (nSPS) is 23.9. The molecule has 1 aliphatic rings. The van der Waals surface area contributed by atoms with Crippen LogP contribution in [-0.2, 0) is 4.79 Å². The second kappa shape index (κ2) is 7.88. The Balaban J connectivity index is 2.25. The van der Waals surface area contributed by atoms with Crippen LogP contribution in [0.5, 0.6) is 0 Å². The van der Waals surface area contributed by atoms with E-state index in [1.807, 2.05) is 6.92 Å². The predicted octanol–water partition coefficient (Wildman–Crippen LogP) is 3.40. The summed E-state index contributed by atoms with van der Waals surface area (Å²) in [6.07, 6.45) is 6.58. The van der Waals surface area contributed by atoms with Crippen molar-refractivity contribution in [3.8, 4) is 0 Å². The predicted molar refractivity (Wildman–Crippen MR) is 80.9 cm³/mol. The summed E-state index contributed by atoms with van der Waals surface area (Å²) in [6.45, 7) is 11.8. The molecule has 3 heteroatoms. The lowest BCUT2D eigenvalue weighted by Gasteiger charge is -2.27. The Morgan fingerprint density at radius 3 is 2.32 bits per heavy atom. The van der Waals surface area contributed by atoms with Crippen LogP contribution in [0.3, 0.4) is 0 Å². The molecule has 1 fully saturated rings. The smallest absolute Gasteiger partial charge is 0.240 e. The number of rotatable bonds is 8. The third-order valence-corrected chi connectivity index (χ3v) is 3.97. The van der Waals surface area contributed by atoms with Gasteiger partial charge in [0.2, 0.25) is 5.91 Å². The molecule has 0 aromatic carbocycles. The van der Waals surface area contributed by atoms with Crippen LogP contribution in [0.2, 0.25) is 0 Å². The zero-order valence-electron chi connectivity index (χ0n) is 13.4. The number of hydrogen-bond acceptors (Lipinski definition) is 2. The summed E-state index contributed by atoms with van der Waals surface area (Å²) < 4.78 is 0. The van der Waals surface area contributed by atoms with Gasteiger partial charge in [0.05, 0.1) is 12.2 Å². The summed E-state index contributed by atoms with van der Waals surface area (Å²) in [5, 5.41) is 3.40. The van der Waals surface area contributed by atoms with E-state index >= 15 is 0 Å². The minimum atomic E-state index is -0.00617. The summed E-state index contributed by atoms with van der Waals surface area (Å²) in [7, 11) is 0. The van der Waals surface area contributed by atoms with Crippen LogP contribution in [0.4, 0.5) is 0 Å². The Kier molecular flexibility index (Phi) is 6.84. The fourth-order valence-corrected chi connectivity index (χ4v) is 2.79. The maximum atomic E-state index is 12.1. The maximum Gasteiger partial charge on any atom is 0.240 e. The molecule has 0 radical (unpaired) electrons. The van der Waals surface area contributed by atoms with Gasteiger partial charge in [0.15, 0.2) is 0 Å². The van der Waals surface area contributed by atoms with Gasteiger partial charge in [-0.25, -0.2) is 0 Å². The second-order valence-electron chi connectivity index (χ2n) is 6.71. The Labute approximate surface area is 119 Å². The van der Waals surface area contributed by atoms with Crippen LogP contribution in [-0.4, -0.2) is 29.6 Å². The van der Waals surface area contributed by atoms with Crippen LogP contribution >= 0.6 is 0 Å². The van der Waals surface area contributed by atoms with E-state index in [9.17, 15) is 4.79 Å². The van der Waals surface area contributed by atoms with E-state index in [0.29, 0.717) is 5.92 Å². The molecule has 1 N–H and O–H groups in total. The lowest BCUT2D eigenvalue weighted by Crippen LogP contribution is -2.41. The van der Waals surface area contributed by atoms with Crippen molar-refractivity contribution in [3.05, 3.63) is 0 Å². The summed E-state index contributed by atoms with van der Waals surface area (Å²) in [5.41, 5.74) is 0. The quantitative estimate of drug-likeness (QED) is 0.684. The van der Waals surface area contributed by atoms with E-state index in [0.717, 1.165) is 18.9 Å². The van der Waals surface area contributed by atoms with Crippen LogP contribution < -0.4 is 5.32 Å². The van der Waals surface area contributed by atoms with Crippen molar-refractivity contribution in [2.45, 2.75) is 78.9 Å². The van der Waals surface area contributed by atoms with Crippen molar-refractivity contribution in [1.29, 1.82) is 0 Å². The minimum Gasteiger partial charge on any atom is -0.326 e. The fourth-order valence-electron chi connectivity index (χ4n) is 2.79. The van der Waals surface area contributed by atoms with Crippen molar-refractivity contribution in [2.24, 2.45) is 11.8 Å². The molecule has 1 heterocycles. The fraction of sp³-hybridized carbons (Fsp3) is 0.938.